The fourth-order valence-electron chi connectivity index (χ4n) is 5.15. The van der Waals surface area contributed by atoms with E-state index in [1.807, 2.05) is 24.3 Å². The summed E-state index contributed by atoms with van der Waals surface area (Å²) >= 11 is 0. The highest BCUT2D eigenvalue weighted by molar-refractivity contribution is 5.88. The van der Waals surface area contributed by atoms with Crippen molar-refractivity contribution in [1.82, 2.24) is 15.1 Å². The van der Waals surface area contributed by atoms with Crippen molar-refractivity contribution in [2.45, 2.75) is 43.7 Å². The monoisotopic (exact) mass is 499 g/mol. The number of fused-ring (bicyclic) bond motifs is 1. The van der Waals surface area contributed by atoms with Gasteiger partial charge in [-0.15, -0.1) is 0 Å². The van der Waals surface area contributed by atoms with E-state index in [0.717, 1.165) is 11.1 Å². The Balaban J connectivity index is 1.71. The third-order valence-corrected chi connectivity index (χ3v) is 7.20. The smallest absolute Gasteiger partial charge is 0.337 e. The van der Waals surface area contributed by atoms with Crippen LogP contribution in [-0.2, 0) is 30.0 Å². The van der Waals surface area contributed by atoms with Crippen LogP contribution in [0, 0.1) is 0 Å². The van der Waals surface area contributed by atoms with E-state index in [2.05, 4.69) is 10.2 Å². The molecule has 35 heavy (non-hydrogen) atoms. The first-order valence-corrected chi connectivity index (χ1v) is 11.4. The number of hydrogen-bond donors (Lipinski definition) is 1. The Kier molecular flexibility index (Phi) is 6.65. The lowest BCUT2D eigenvalue weighted by atomic mass is 9.89. The molecule has 0 saturated carbocycles. The zero-order valence-electron chi connectivity index (χ0n) is 19.4. The van der Waals surface area contributed by atoms with E-state index in [1.165, 1.54) is 18.9 Å². The number of carbonyl (C=O) groups excluding carboxylic acids is 1. The number of nitrogens with zero attached hydrogens (tertiary/aromatic N) is 2. The molecule has 0 spiro atoms. The summed E-state index contributed by atoms with van der Waals surface area (Å²) in [4.78, 5) is 17.4. The first-order valence-electron chi connectivity index (χ1n) is 11.4. The van der Waals surface area contributed by atoms with Crippen LogP contribution < -0.4 is 5.32 Å². The van der Waals surface area contributed by atoms with Gasteiger partial charge in [-0.05, 0) is 41.8 Å². The third-order valence-electron chi connectivity index (χ3n) is 7.20. The van der Waals surface area contributed by atoms with Crippen molar-refractivity contribution < 1.29 is 31.1 Å². The molecule has 0 bridgehead atoms. The maximum absolute atomic E-state index is 14.0. The van der Waals surface area contributed by atoms with E-state index < -0.39 is 35.1 Å². The second kappa shape index (κ2) is 9.13. The standard InChI is InChI=1S/C25H27F6N3O/c1-16(19-11-20(24(26,27)28)13-21(12-19)25(29,30)31)33(2)22(35)23(34-9-7-32-8-10-34)14-17-5-3-4-6-18(17)15-23/h3-6,11-13,16,32H,7-10,14-15H2,1-2H3/t16-/m0/s1. The Morgan fingerprint density at radius 1 is 0.943 bits per heavy atom. The molecule has 4 nitrogen and oxygen atoms in total. The Morgan fingerprint density at radius 2 is 1.43 bits per heavy atom. The Bertz CT molecular complexity index is 1030. The number of benzene rings is 2. The molecule has 1 amide bonds. The minimum absolute atomic E-state index is 0.105. The second-order valence-electron chi connectivity index (χ2n) is 9.32. The highest BCUT2D eigenvalue weighted by Gasteiger charge is 2.50. The molecule has 1 fully saturated rings. The molecule has 1 aliphatic heterocycles. The predicted octanol–water partition coefficient (Wildman–Crippen LogP) is 4.69. The molecule has 0 aromatic heterocycles. The highest BCUT2D eigenvalue weighted by Crippen LogP contribution is 2.40. The highest BCUT2D eigenvalue weighted by atomic mass is 19.4. The first kappa shape index (κ1) is 25.5. The van der Waals surface area contributed by atoms with Crippen LogP contribution in [0.25, 0.3) is 0 Å². The largest absolute Gasteiger partial charge is 0.416 e. The molecule has 10 heteroatoms. The van der Waals surface area contributed by atoms with Gasteiger partial charge in [-0.3, -0.25) is 9.69 Å². The number of nitrogens with one attached hydrogen (secondary N) is 1. The van der Waals surface area contributed by atoms with Crippen molar-refractivity contribution in [2.75, 3.05) is 33.2 Å². The molecule has 1 saturated heterocycles. The van der Waals surface area contributed by atoms with Gasteiger partial charge < -0.3 is 10.2 Å². The minimum Gasteiger partial charge on any atom is -0.337 e. The first-order chi connectivity index (χ1) is 16.3. The van der Waals surface area contributed by atoms with Crippen LogP contribution in [0.15, 0.2) is 42.5 Å². The molecular formula is C25H27F6N3O. The second-order valence-corrected chi connectivity index (χ2v) is 9.32. The SMILES string of the molecule is C[C@@H](c1cc(C(F)(F)F)cc(C(F)(F)F)c1)N(C)C(=O)C1(N2CCNCC2)Cc2ccccc2C1. The number of halogens is 6. The molecule has 2 aliphatic rings. The zero-order valence-corrected chi connectivity index (χ0v) is 19.4. The molecule has 1 aliphatic carbocycles. The summed E-state index contributed by atoms with van der Waals surface area (Å²) in [7, 11) is 1.45. The summed E-state index contributed by atoms with van der Waals surface area (Å²) in [5.41, 5.74) is -1.88. The van der Waals surface area contributed by atoms with Gasteiger partial charge in [0.25, 0.3) is 0 Å². The molecule has 4 rings (SSSR count). The van der Waals surface area contributed by atoms with E-state index in [0.29, 0.717) is 51.2 Å². The van der Waals surface area contributed by atoms with E-state index in [1.54, 1.807) is 0 Å². The van der Waals surface area contributed by atoms with E-state index in [9.17, 15) is 31.1 Å². The molecule has 2 aromatic rings. The summed E-state index contributed by atoms with van der Waals surface area (Å²) in [5.74, 6) is -0.311. The normalized spacial score (nSPS) is 19.3. The van der Waals surface area contributed by atoms with Crippen LogP contribution in [-0.4, -0.2) is 54.5 Å². The summed E-state index contributed by atoms with van der Waals surface area (Å²) in [6, 6.07) is 8.20. The van der Waals surface area contributed by atoms with Gasteiger partial charge in [-0.1, -0.05) is 24.3 Å². The van der Waals surface area contributed by atoms with Gasteiger partial charge in [0.05, 0.1) is 17.2 Å². The number of carbonyl (C=O) groups is 1. The number of rotatable bonds is 4. The molecule has 1 atom stereocenters. The molecule has 1 N–H and O–H groups in total. The molecule has 2 aromatic carbocycles. The van der Waals surface area contributed by atoms with Crippen molar-refractivity contribution in [3.8, 4) is 0 Å². The fraction of sp³-hybridized carbons (Fsp3) is 0.480. The van der Waals surface area contributed by atoms with Gasteiger partial charge in [-0.2, -0.15) is 26.3 Å². The third kappa shape index (κ3) is 4.91. The number of hydrogen-bond acceptors (Lipinski definition) is 3. The number of piperazine rings is 1. The van der Waals surface area contributed by atoms with E-state index in [4.69, 9.17) is 0 Å². The number of likely N-dealkylation sites (N-methyl/N-ethyl adjacent to an activating group) is 1. The summed E-state index contributed by atoms with van der Waals surface area (Å²) < 4.78 is 80.4. The van der Waals surface area contributed by atoms with Crippen LogP contribution in [0.3, 0.4) is 0 Å². The zero-order chi connectivity index (χ0) is 25.6. The van der Waals surface area contributed by atoms with Crippen LogP contribution in [0.1, 0.15) is 40.8 Å². The minimum atomic E-state index is -4.95. The van der Waals surface area contributed by atoms with Gasteiger partial charge in [0, 0.05) is 46.1 Å². The lowest BCUT2D eigenvalue weighted by molar-refractivity contribution is -0.145. The molecular weight excluding hydrogens is 472 g/mol. The topological polar surface area (TPSA) is 35.6 Å². The summed E-state index contributed by atoms with van der Waals surface area (Å²) in [5, 5.41) is 3.25. The van der Waals surface area contributed by atoms with Gasteiger partial charge in [0.15, 0.2) is 0 Å². The Morgan fingerprint density at radius 3 is 1.89 bits per heavy atom. The Labute approximate surface area is 199 Å². The van der Waals surface area contributed by atoms with Gasteiger partial charge >= 0.3 is 12.4 Å². The molecule has 0 radical (unpaired) electrons. The van der Waals surface area contributed by atoms with Crippen LogP contribution in [0.4, 0.5) is 26.3 Å². The quantitative estimate of drug-likeness (QED) is 0.621. The molecule has 1 heterocycles. The van der Waals surface area contributed by atoms with Gasteiger partial charge in [0.2, 0.25) is 5.91 Å². The van der Waals surface area contributed by atoms with Crippen molar-refractivity contribution in [2.24, 2.45) is 0 Å². The fourth-order valence-corrected chi connectivity index (χ4v) is 5.15. The molecule has 0 unspecified atom stereocenters. The average Bonchev–Trinajstić information content (AvgIpc) is 3.22. The van der Waals surface area contributed by atoms with Crippen LogP contribution in [0.2, 0.25) is 0 Å². The van der Waals surface area contributed by atoms with Gasteiger partial charge in [-0.25, -0.2) is 0 Å². The van der Waals surface area contributed by atoms with Crippen LogP contribution in [0.5, 0.6) is 0 Å². The van der Waals surface area contributed by atoms with Crippen molar-refractivity contribution in [3.05, 3.63) is 70.3 Å². The van der Waals surface area contributed by atoms with E-state index in [-0.39, 0.29) is 17.5 Å². The van der Waals surface area contributed by atoms with Crippen molar-refractivity contribution in [1.29, 1.82) is 0 Å². The van der Waals surface area contributed by atoms with Gasteiger partial charge in [0.1, 0.15) is 5.54 Å². The Hall–Kier alpha value is -2.59. The lowest BCUT2D eigenvalue weighted by Crippen LogP contribution is -2.64. The summed E-state index contributed by atoms with van der Waals surface area (Å²) in [6.45, 7) is 4.06. The lowest BCUT2D eigenvalue weighted by Gasteiger charge is -2.45. The molecule has 190 valence electrons. The maximum Gasteiger partial charge on any atom is 0.416 e. The number of alkyl halides is 6. The summed E-state index contributed by atoms with van der Waals surface area (Å²) in [6.07, 6.45) is -9.02. The average molecular weight is 499 g/mol. The van der Waals surface area contributed by atoms with Crippen molar-refractivity contribution >= 4 is 5.91 Å². The van der Waals surface area contributed by atoms with Crippen molar-refractivity contribution in [3.63, 3.8) is 0 Å². The maximum atomic E-state index is 14.0. The van der Waals surface area contributed by atoms with E-state index >= 15 is 0 Å². The van der Waals surface area contributed by atoms with Crippen LogP contribution >= 0.6 is 0 Å². The predicted molar refractivity (Wildman–Crippen MR) is 119 cm³/mol. The number of amides is 1.